The van der Waals surface area contributed by atoms with Crippen LogP contribution >= 0.6 is 22.9 Å². The highest BCUT2D eigenvalue weighted by Crippen LogP contribution is 2.26. The van der Waals surface area contributed by atoms with Crippen LogP contribution in [0.1, 0.15) is 27.5 Å². The highest BCUT2D eigenvalue weighted by molar-refractivity contribution is 7.13. The molecule has 0 saturated heterocycles. The number of nitrogens with one attached hydrogen (secondary N) is 2. The van der Waals surface area contributed by atoms with E-state index in [9.17, 15) is 4.79 Å². The number of amides is 1. The van der Waals surface area contributed by atoms with Crippen LogP contribution in [0.25, 0.3) is 0 Å². The van der Waals surface area contributed by atoms with Gasteiger partial charge in [-0.15, -0.1) is 11.3 Å². The van der Waals surface area contributed by atoms with E-state index in [4.69, 9.17) is 11.6 Å². The minimum absolute atomic E-state index is 0.0995. The molecular formula is C12H14ClN3OS. The fraction of sp³-hybridized carbons (Fsp3) is 0.333. The molecule has 0 fully saturated rings. The SMILES string of the molecule is Cc1csc(C(=O)NCCCc2ncc[nH]2)c1Cl. The van der Waals surface area contributed by atoms with Crippen molar-refractivity contribution in [3.63, 3.8) is 0 Å². The quantitative estimate of drug-likeness (QED) is 0.829. The summed E-state index contributed by atoms with van der Waals surface area (Å²) in [5, 5.41) is 5.31. The zero-order chi connectivity index (χ0) is 13.0. The number of aryl methyl sites for hydroxylation is 2. The molecule has 18 heavy (non-hydrogen) atoms. The molecule has 0 spiro atoms. The van der Waals surface area contributed by atoms with Gasteiger partial charge in [0.2, 0.25) is 0 Å². The maximum absolute atomic E-state index is 11.8. The fourth-order valence-corrected chi connectivity index (χ4v) is 2.75. The van der Waals surface area contributed by atoms with Gasteiger partial charge in [-0.25, -0.2) is 4.98 Å². The zero-order valence-corrected chi connectivity index (χ0v) is 11.6. The van der Waals surface area contributed by atoms with E-state index in [0.29, 0.717) is 16.4 Å². The van der Waals surface area contributed by atoms with E-state index in [1.165, 1.54) is 11.3 Å². The number of carbonyl (C=O) groups excluding carboxylic acids is 1. The van der Waals surface area contributed by atoms with Gasteiger partial charge < -0.3 is 10.3 Å². The molecule has 2 rings (SSSR count). The highest BCUT2D eigenvalue weighted by atomic mass is 35.5. The van der Waals surface area contributed by atoms with Crippen molar-refractivity contribution in [1.82, 2.24) is 15.3 Å². The Kier molecular flexibility index (Phi) is 4.38. The molecule has 0 aromatic carbocycles. The third-order valence-electron chi connectivity index (χ3n) is 2.54. The minimum atomic E-state index is -0.0995. The van der Waals surface area contributed by atoms with Crippen LogP contribution in [0.5, 0.6) is 0 Å². The second kappa shape index (κ2) is 6.02. The number of aromatic amines is 1. The van der Waals surface area contributed by atoms with Crippen LogP contribution in [-0.4, -0.2) is 22.4 Å². The summed E-state index contributed by atoms with van der Waals surface area (Å²) in [5.74, 6) is 0.840. The Morgan fingerprint density at radius 1 is 1.61 bits per heavy atom. The molecule has 4 nitrogen and oxygen atoms in total. The summed E-state index contributed by atoms with van der Waals surface area (Å²) in [6.07, 6.45) is 5.19. The first-order valence-electron chi connectivity index (χ1n) is 5.68. The number of rotatable bonds is 5. The summed E-state index contributed by atoms with van der Waals surface area (Å²) < 4.78 is 0. The molecule has 1 amide bonds. The summed E-state index contributed by atoms with van der Waals surface area (Å²) in [6.45, 7) is 2.51. The predicted molar refractivity (Wildman–Crippen MR) is 73.3 cm³/mol. The number of carbonyl (C=O) groups is 1. The van der Waals surface area contributed by atoms with E-state index in [0.717, 1.165) is 24.2 Å². The van der Waals surface area contributed by atoms with Crippen molar-refractivity contribution < 1.29 is 4.79 Å². The molecule has 2 aromatic rings. The molecular weight excluding hydrogens is 270 g/mol. The van der Waals surface area contributed by atoms with E-state index in [1.54, 1.807) is 12.4 Å². The Morgan fingerprint density at radius 3 is 3.06 bits per heavy atom. The number of hydrogen-bond acceptors (Lipinski definition) is 3. The number of imidazole rings is 1. The molecule has 96 valence electrons. The molecule has 0 aliphatic rings. The van der Waals surface area contributed by atoms with Crippen molar-refractivity contribution in [1.29, 1.82) is 0 Å². The van der Waals surface area contributed by atoms with E-state index in [2.05, 4.69) is 15.3 Å². The van der Waals surface area contributed by atoms with Crippen LogP contribution < -0.4 is 5.32 Å². The molecule has 0 unspecified atom stereocenters. The van der Waals surface area contributed by atoms with E-state index in [-0.39, 0.29) is 5.91 Å². The van der Waals surface area contributed by atoms with Crippen molar-refractivity contribution in [2.24, 2.45) is 0 Å². The number of halogens is 1. The van der Waals surface area contributed by atoms with Crippen LogP contribution in [0.2, 0.25) is 5.02 Å². The van der Waals surface area contributed by atoms with Gasteiger partial charge in [-0.05, 0) is 24.3 Å². The zero-order valence-electron chi connectivity index (χ0n) is 10.00. The molecule has 6 heteroatoms. The molecule has 0 aliphatic heterocycles. The van der Waals surface area contributed by atoms with E-state index >= 15 is 0 Å². The molecule has 0 atom stereocenters. The average molecular weight is 284 g/mol. The largest absolute Gasteiger partial charge is 0.351 e. The van der Waals surface area contributed by atoms with Gasteiger partial charge in [0.05, 0.1) is 5.02 Å². The number of H-pyrrole nitrogens is 1. The maximum atomic E-state index is 11.8. The molecule has 2 N–H and O–H groups in total. The summed E-state index contributed by atoms with van der Waals surface area (Å²) in [4.78, 5) is 19.6. The van der Waals surface area contributed by atoms with Gasteiger partial charge in [0.1, 0.15) is 10.7 Å². The Balaban J connectivity index is 1.77. The molecule has 0 aliphatic carbocycles. The molecule has 0 radical (unpaired) electrons. The predicted octanol–water partition coefficient (Wildman–Crippen LogP) is 2.80. The van der Waals surface area contributed by atoms with Gasteiger partial charge in [0.25, 0.3) is 5.91 Å². The van der Waals surface area contributed by atoms with E-state index < -0.39 is 0 Å². The number of hydrogen-bond donors (Lipinski definition) is 2. The average Bonchev–Trinajstić information content (AvgIpc) is 2.97. The van der Waals surface area contributed by atoms with Crippen LogP contribution in [0.3, 0.4) is 0 Å². The second-order valence-electron chi connectivity index (χ2n) is 3.96. The smallest absolute Gasteiger partial charge is 0.262 e. The van der Waals surface area contributed by atoms with Crippen molar-refractivity contribution in [2.45, 2.75) is 19.8 Å². The Morgan fingerprint density at radius 2 is 2.44 bits per heavy atom. The Hall–Kier alpha value is -1.33. The lowest BCUT2D eigenvalue weighted by Gasteiger charge is -2.03. The van der Waals surface area contributed by atoms with Gasteiger partial charge in [-0.1, -0.05) is 11.6 Å². The molecule has 2 aromatic heterocycles. The van der Waals surface area contributed by atoms with Crippen molar-refractivity contribution in [3.8, 4) is 0 Å². The van der Waals surface area contributed by atoms with Crippen molar-refractivity contribution in [2.75, 3.05) is 6.54 Å². The van der Waals surface area contributed by atoms with Gasteiger partial charge in [-0.3, -0.25) is 4.79 Å². The van der Waals surface area contributed by atoms with Crippen LogP contribution in [0.4, 0.5) is 0 Å². The summed E-state index contributed by atoms with van der Waals surface area (Å²) in [6, 6.07) is 0. The summed E-state index contributed by atoms with van der Waals surface area (Å²) in [7, 11) is 0. The first-order chi connectivity index (χ1) is 8.68. The van der Waals surface area contributed by atoms with Crippen molar-refractivity contribution >= 4 is 28.8 Å². The Bertz CT molecular complexity index is 521. The van der Waals surface area contributed by atoms with Gasteiger partial charge in [0, 0.05) is 25.4 Å². The number of thiophene rings is 1. The van der Waals surface area contributed by atoms with E-state index in [1.807, 2.05) is 12.3 Å². The molecule has 2 heterocycles. The first-order valence-corrected chi connectivity index (χ1v) is 6.94. The molecule has 0 bridgehead atoms. The number of nitrogens with zero attached hydrogens (tertiary/aromatic N) is 1. The van der Waals surface area contributed by atoms with Crippen LogP contribution in [0, 0.1) is 6.92 Å². The van der Waals surface area contributed by atoms with Gasteiger partial charge >= 0.3 is 0 Å². The lowest BCUT2D eigenvalue weighted by molar-refractivity contribution is 0.0957. The molecule has 0 saturated carbocycles. The standard InChI is InChI=1S/C12H14ClN3OS/c1-8-7-18-11(10(8)13)12(17)16-4-2-3-9-14-5-6-15-9/h5-7H,2-4H2,1H3,(H,14,15)(H,16,17). The van der Waals surface area contributed by atoms with Crippen LogP contribution in [0.15, 0.2) is 17.8 Å². The third-order valence-corrected chi connectivity index (χ3v) is 4.23. The van der Waals surface area contributed by atoms with Crippen molar-refractivity contribution in [3.05, 3.63) is 39.1 Å². The lowest BCUT2D eigenvalue weighted by Crippen LogP contribution is -2.24. The number of aromatic nitrogens is 2. The third kappa shape index (κ3) is 3.11. The Labute approximate surface area is 114 Å². The summed E-state index contributed by atoms with van der Waals surface area (Å²) >= 11 is 7.41. The minimum Gasteiger partial charge on any atom is -0.351 e. The highest BCUT2D eigenvalue weighted by Gasteiger charge is 2.13. The summed E-state index contributed by atoms with van der Waals surface area (Å²) in [5.41, 5.74) is 0.947. The topological polar surface area (TPSA) is 57.8 Å². The maximum Gasteiger partial charge on any atom is 0.262 e. The van der Waals surface area contributed by atoms with Gasteiger partial charge in [-0.2, -0.15) is 0 Å². The van der Waals surface area contributed by atoms with Gasteiger partial charge in [0.15, 0.2) is 0 Å². The lowest BCUT2D eigenvalue weighted by atomic mass is 10.3. The monoisotopic (exact) mass is 283 g/mol. The normalized spacial score (nSPS) is 10.6. The second-order valence-corrected chi connectivity index (χ2v) is 5.21. The fourth-order valence-electron chi connectivity index (χ4n) is 1.56. The van der Waals surface area contributed by atoms with Crippen LogP contribution in [-0.2, 0) is 6.42 Å². The first kappa shape index (κ1) is 13.1.